The zero-order valence-corrected chi connectivity index (χ0v) is 9.00. The van der Waals surface area contributed by atoms with Gasteiger partial charge in [-0.15, -0.1) is 0 Å². The molecule has 2 aliphatic heterocycles. The molecule has 2 saturated heterocycles. The fourth-order valence-electron chi connectivity index (χ4n) is 2.63. The monoisotopic (exact) mass is 199 g/mol. The van der Waals surface area contributed by atoms with E-state index in [2.05, 4.69) is 6.92 Å². The Kier molecular flexibility index (Phi) is 3.10. The molecule has 0 aliphatic carbocycles. The Morgan fingerprint density at radius 2 is 2.21 bits per heavy atom. The number of nitrogens with two attached hydrogens (primary N) is 1. The number of ether oxygens (including phenoxy) is 2. The minimum absolute atomic E-state index is 0.0522. The standard InChI is InChI=1S/C11H21NO2/c1-2-10-8-11(4-6-13-10)7-9(12)3-5-14-11/h9-10H,2-8,12H2,1H3. The van der Waals surface area contributed by atoms with Gasteiger partial charge in [-0.1, -0.05) is 6.92 Å². The highest BCUT2D eigenvalue weighted by Crippen LogP contribution is 2.36. The molecule has 2 N–H and O–H groups in total. The topological polar surface area (TPSA) is 44.5 Å². The molecular formula is C11H21NO2. The van der Waals surface area contributed by atoms with Gasteiger partial charge in [0.25, 0.3) is 0 Å². The summed E-state index contributed by atoms with van der Waals surface area (Å²) in [5.74, 6) is 0. The second-order valence-corrected chi connectivity index (χ2v) is 4.64. The number of rotatable bonds is 1. The van der Waals surface area contributed by atoms with Crippen molar-refractivity contribution >= 4 is 0 Å². The lowest BCUT2D eigenvalue weighted by molar-refractivity contribution is -0.160. The van der Waals surface area contributed by atoms with Crippen LogP contribution in [0, 0.1) is 0 Å². The fraction of sp³-hybridized carbons (Fsp3) is 1.00. The van der Waals surface area contributed by atoms with Gasteiger partial charge in [-0.05, 0) is 25.7 Å². The van der Waals surface area contributed by atoms with E-state index < -0.39 is 0 Å². The van der Waals surface area contributed by atoms with E-state index in [1.165, 1.54) is 0 Å². The van der Waals surface area contributed by atoms with Gasteiger partial charge in [-0.25, -0.2) is 0 Å². The van der Waals surface area contributed by atoms with E-state index in [-0.39, 0.29) is 5.60 Å². The van der Waals surface area contributed by atoms with Crippen molar-refractivity contribution in [1.82, 2.24) is 0 Å². The summed E-state index contributed by atoms with van der Waals surface area (Å²) in [6.07, 6.45) is 5.56. The summed E-state index contributed by atoms with van der Waals surface area (Å²) in [5, 5.41) is 0. The van der Waals surface area contributed by atoms with E-state index in [4.69, 9.17) is 15.2 Å². The highest BCUT2D eigenvalue weighted by atomic mass is 16.5. The van der Waals surface area contributed by atoms with Gasteiger partial charge in [0, 0.05) is 25.7 Å². The molecule has 0 aromatic carbocycles. The maximum atomic E-state index is 6.01. The second kappa shape index (κ2) is 4.17. The first-order chi connectivity index (χ1) is 6.74. The van der Waals surface area contributed by atoms with Crippen molar-refractivity contribution in [2.45, 2.75) is 56.8 Å². The van der Waals surface area contributed by atoms with Gasteiger partial charge in [0.1, 0.15) is 0 Å². The predicted octanol–water partition coefficient (Wildman–Crippen LogP) is 1.45. The van der Waals surface area contributed by atoms with E-state index in [1.807, 2.05) is 0 Å². The van der Waals surface area contributed by atoms with Crippen molar-refractivity contribution in [1.29, 1.82) is 0 Å². The fourth-order valence-corrected chi connectivity index (χ4v) is 2.63. The Bertz CT molecular complexity index is 194. The highest BCUT2D eigenvalue weighted by molar-refractivity contribution is 4.92. The highest BCUT2D eigenvalue weighted by Gasteiger charge is 2.40. The molecule has 0 saturated carbocycles. The van der Waals surface area contributed by atoms with E-state index in [0.717, 1.165) is 45.3 Å². The van der Waals surface area contributed by atoms with Crippen LogP contribution in [0.2, 0.25) is 0 Å². The summed E-state index contributed by atoms with van der Waals surface area (Å²) < 4.78 is 11.6. The van der Waals surface area contributed by atoms with Crippen molar-refractivity contribution in [2.75, 3.05) is 13.2 Å². The lowest BCUT2D eigenvalue weighted by Gasteiger charge is -2.44. The predicted molar refractivity (Wildman–Crippen MR) is 55.2 cm³/mol. The lowest BCUT2D eigenvalue weighted by atomic mass is 9.81. The van der Waals surface area contributed by atoms with E-state index in [1.54, 1.807) is 0 Å². The minimum atomic E-state index is 0.0522. The van der Waals surface area contributed by atoms with Crippen LogP contribution in [0.1, 0.15) is 39.0 Å². The Hall–Kier alpha value is -0.120. The maximum Gasteiger partial charge on any atom is 0.0743 e. The normalized spacial score (nSPS) is 44.1. The van der Waals surface area contributed by atoms with E-state index >= 15 is 0 Å². The molecule has 2 heterocycles. The summed E-state index contributed by atoms with van der Waals surface area (Å²) in [7, 11) is 0. The first-order valence-electron chi connectivity index (χ1n) is 5.75. The molecule has 1 spiro atoms. The molecule has 0 aromatic rings. The smallest absolute Gasteiger partial charge is 0.0743 e. The third kappa shape index (κ3) is 2.10. The maximum absolute atomic E-state index is 6.01. The van der Waals surface area contributed by atoms with Gasteiger partial charge in [0.15, 0.2) is 0 Å². The van der Waals surface area contributed by atoms with Crippen LogP contribution >= 0.6 is 0 Å². The molecule has 14 heavy (non-hydrogen) atoms. The van der Waals surface area contributed by atoms with Crippen LogP contribution in [0.25, 0.3) is 0 Å². The van der Waals surface area contributed by atoms with Crippen LogP contribution in [0.3, 0.4) is 0 Å². The second-order valence-electron chi connectivity index (χ2n) is 4.64. The van der Waals surface area contributed by atoms with Crippen molar-refractivity contribution < 1.29 is 9.47 Å². The van der Waals surface area contributed by atoms with Crippen LogP contribution in [0.5, 0.6) is 0 Å². The molecule has 3 atom stereocenters. The first kappa shape index (κ1) is 10.4. The summed E-state index contributed by atoms with van der Waals surface area (Å²) in [4.78, 5) is 0. The van der Waals surface area contributed by atoms with Crippen molar-refractivity contribution in [2.24, 2.45) is 5.73 Å². The third-order valence-corrected chi connectivity index (χ3v) is 3.50. The van der Waals surface area contributed by atoms with Crippen LogP contribution in [0.4, 0.5) is 0 Å². The molecular weight excluding hydrogens is 178 g/mol. The summed E-state index contributed by atoms with van der Waals surface area (Å²) in [5.41, 5.74) is 6.06. The zero-order chi connectivity index (χ0) is 10.0. The largest absolute Gasteiger partial charge is 0.378 e. The number of hydrogen-bond acceptors (Lipinski definition) is 3. The number of hydrogen-bond donors (Lipinski definition) is 1. The van der Waals surface area contributed by atoms with Crippen molar-refractivity contribution in [3.63, 3.8) is 0 Å². The molecule has 0 bridgehead atoms. The Morgan fingerprint density at radius 1 is 1.36 bits per heavy atom. The van der Waals surface area contributed by atoms with Crippen LogP contribution in [0.15, 0.2) is 0 Å². The molecule has 0 amide bonds. The summed E-state index contributed by atoms with van der Waals surface area (Å²) in [6.45, 7) is 3.84. The molecule has 3 unspecified atom stereocenters. The van der Waals surface area contributed by atoms with Gasteiger partial charge >= 0.3 is 0 Å². The molecule has 2 aliphatic rings. The SMILES string of the molecule is CCC1CC2(CCO1)CC(N)CCO2. The molecule has 3 nitrogen and oxygen atoms in total. The van der Waals surface area contributed by atoms with Gasteiger partial charge in [0.2, 0.25) is 0 Å². The van der Waals surface area contributed by atoms with Gasteiger partial charge in [-0.3, -0.25) is 0 Å². The van der Waals surface area contributed by atoms with Gasteiger partial charge in [0.05, 0.1) is 11.7 Å². The van der Waals surface area contributed by atoms with Gasteiger partial charge in [-0.2, -0.15) is 0 Å². The lowest BCUT2D eigenvalue weighted by Crippen LogP contribution is -2.50. The quantitative estimate of drug-likeness (QED) is 0.695. The van der Waals surface area contributed by atoms with E-state index in [9.17, 15) is 0 Å². The molecule has 0 aromatic heterocycles. The molecule has 0 radical (unpaired) electrons. The Morgan fingerprint density at radius 3 is 2.93 bits per heavy atom. The third-order valence-electron chi connectivity index (χ3n) is 3.50. The van der Waals surface area contributed by atoms with Crippen LogP contribution in [-0.2, 0) is 9.47 Å². The molecule has 3 heteroatoms. The first-order valence-corrected chi connectivity index (χ1v) is 5.75. The molecule has 2 rings (SSSR count). The van der Waals surface area contributed by atoms with Crippen molar-refractivity contribution in [3.8, 4) is 0 Å². The van der Waals surface area contributed by atoms with Gasteiger partial charge < -0.3 is 15.2 Å². The summed E-state index contributed by atoms with van der Waals surface area (Å²) >= 11 is 0. The molecule has 82 valence electrons. The Labute approximate surface area is 85.9 Å². The molecule has 2 fully saturated rings. The van der Waals surface area contributed by atoms with E-state index in [0.29, 0.717) is 12.1 Å². The van der Waals surface area contributed by atoms with Crippen LogP contribution < -0.4 is 5.73 Å². The Balaban J connectivity index is 1.99. The average molecular weight is 199 g/mol. The average Bonchev–Trinajstić information content (AvgIpc) is 2.17. The van der Waals surface area contributed by atoms with Crippen LogP contribution in [-0.4, -0.2) is 31.0 Å². The minimum Gasteiger partial charge on any atom is -0.378 e. The zero-order valence-electron chi connectivity index (χ0n) is 9.00. The summed E-state index contributed by atoms with van der Waals surface area (Å²) in [6, 6.07) is 0.333. The van der Waals surface area contributed by atoms with Crippen molar-refractivity contribution in [3.05, 3.63) is 0 Å².